The van der Waals surface area contributed by atoms with E-state index in [2.05, 4.69) is 4.72 Å². The fourth-order valence-corrected chi connectivity index (χ4v) is 2.94. The molecule has 1 atom stereocenters. The van der Waals surface area contributed by atoms with E-state index in [1.54, 1.807) is 12.1 Å². The zero-order valence-electron chi connectivity index (χ0n) is 9.08. The third-order valence-corrected chi connectivity index (χ3v) is 7.12. The minimum atomic E-state index is -3.43. The second kappa shape index (κ2) is 4.72. The molecule has 0 bridgehead atoms. The number of nitrogens with one attached hydrogen (secondary N) is 1. The third kappa shape index (κ3) is 2.83. The monoisotopic (exact) mass is 285 g/mol. The lowest BCUT2D eigenvalue weighted by Gasteiger charge is -2.07. The van der Waals surface area contributed by atoms with Crippen molar-refractivity contribution in [2.24, 2.45) is 0 Å². The first kappa shape index (κ1) is 12.5. The lowest BCUT2D eigenvalue weighted by Crippen LogP contribution is -2.16. The van der Waals surface area contributed by atoms with Gasteiger partial charge in [-0.2, -0.15) is 8.42 Å². The predicted octanol–water partition coefficient (Wildman–Crippen LogP) is 2.21. The molecule has 17 heavy (non-hydrogen) atoms. The van der Waals surface area contributed by atoms with Crippen LogP contribution in [-0.4, -0.2) is 14.7 Å². The molecule has 0 aliphatic carbocycles. The van der Waals surface area contributed by atoms with E-state index < -0.39 is 17.5 Å². The van der Waals surface area contributed by atoms with Gasteiger partial charge in [0.1, 0.15) is 0 Å². The molecule has 0 heterocycles. The molecule has 3 nitrogen and oxygen atoms in total. The van der Waals surface area contributed by atoms with Crippen LogP contribution in [0.1, 0.15) is 0 Å². The number of anilines is 1. The number of hydrogen-bond donors (Lipinski definition) is 1. The van der Waals surface area contributed by atoms with Crippen LogP contribution in [0, 0.1) is 0 Å². The molecule has 0 radical (unpaired) electrons. The molecule has 2 aromatic carbocycles. The van der Waals surface area contributed by atoms with Crippen molar-refractivity contribution in [1.29, 1.82) is 0 Å². The van der Waals surface area contributed by atoms with E-state index in [0.29, 0.717) is 5.69 Å². The Labute approximate surface area is 107 Å². The Hall–Kier alpha value is -0.980. The Morgan fingerprint density at radius 2 is 1.76 bits per heavy atom. The highest BCUT2D eigenvalue weighted by Gasteiger charge is 2.11. The largest absolute Gasteiger partial charge is 0.289 e. The van der Waals surface area contributed by atoms with Crippen LogP contribution >= 0.6 is 0 Å². The molecule has 2 rings (SSSR count). The maximum atomic E-state index is 11.6. The second-order valence-electron chi connectivity index (χ2n) is 3.52. The van der Waals surface area contributed by atoms with Crippen molar-refractivity contribution in [3.63, 3.8) is 0 Å². The molecular formula is C11H11NO2S3. The zero-order valence-corrected chi connectivity index (χ0v) is 11.5. The molecule has 0 spiro atoms. The highest BCUT2D eigenvalue weighted by Crippen LogP contribution is 2.20. The van der Waals surface area contributed by atoms with Gasteiger partial charge in [0.25, 0.3) is 9.06 Å². The maximum Gasteiger partial charge on any atom is 0.289 e. The lowest BCUT2D eigenvalue weighted by atomic mass is 10.1. The van der Waals surface area contributed by atoms with Gasteiger partial charge >= 0.3 is 0 Å². The molecule has 0 aliphatic heterocycles. The molecule has 90 valence electrons. The second-order valence-corrected chi connectivity index (χ2v) is 10.4. The molecule has 2 aromatic rings. The fourth-order valence-electron chi connectivity index (χ4n) is 1.46. The summed E-state index contributed by atoms with van der Waals surface area (Å²) >= 11 is 4.79. The van der Waals surface area contributed by atoms with Gasteiger partial charge in [-0.3, -0.25) is 4.72 Å². The zero-order chi connectivity index (χ0) is 12.5. The Bertz CT molecular complexity index is 680. The van der Waals surface area contributed by atoms with Gasteiger partial charge in [-0.05, 0) is 34.1 Å². The number of fused-ring (bicyclic) bond motifs is 1. The topological polar surface area (TPSA) is 46.2 Å². The van der Waals surface area contributed by atoms with Gasteiger partial charge in [0.15, 0.2) is 0 Å². The number of rotatable bonds is 3. The number of benzene rings is 2. The van der Waals surface area contributed by atoms with Crippen LogP contribution in [0.5, 0.6) is 0 Å². The van der Waals surface area contributed by atoms with Gasteiger partial charge in [0.05, 0.1) is 0 Å². The molecule has 0 aromatic heterocycles. The van der Waals surface area contributed by atoms with Crippen LogP contribution in [0.2, 0.25) is 0 Å². The summed E-state index contributed by atoms with van der Waals surface area (Å²) < 4.78 is 25.8. The fraction of sp³-hybridized carbons (Fsp3) is 0.0909. The van der Waals surface area contributed by atoms with E-state index in [9.17, 15) is 8.42 Å². The predicted molar refractivity (Wildman–Crippen MR) is 77.1 cm³/mol. The van der Waals surface area contributed by atoms with Crippen molar-refractivity contribution in [1.82, 2.24) is 0 Å². The first-order chi connectivity index (χ1) is 7.99. The molecule has 0 amide bonds. The summed E-state index contributed by atoms with van der Waals surface area (Å²) in [6, 6.07) is 13.2. The normalized spacial score (nSPS) is 13.5. The van der Waals surface area contributed by atoms with E-state index in [1.165, 1.54) is 6.26 Å². The van der Waals surface area contributed by atoms with Crippen LogP contribution in [0.25, 0.3) is 10.8 Å². The van der Waals surface area contributed by atoms with E-state index >= 15 is 0 Å². The van der Waals surface area contributed by atoms with Crippen molar-refractivity contribution in [3.05, 3.63) is 42.5 Å². The average molecular weight is 285 g/mol. The first-order valence-corrected chi connectivity index (χ1v) is 9.40. The standard InChI is InChI=1S/C11H11NO2S3/c1-16(15)17(13,14)12-11-7-6-9-4-2-3-5-10(9)8-11/h2-8,12H,1H3. The molecule has 0 fully saturated rings. The highest BCUT2D eigenvalue weighted by atomic mass is 33.4. The van der Waals surface area contributed by atoms with Crippen molar-refractivity contribution in [3.8, 4) is 0 Å². The Morgan fingerprint density at radius 3 is 2.41 bits per heavy atom. The Morgan fingerprint density at radius 1 is 1.12 bits per heavy atom. The third-order valence-electron chi connectivity index (χ3n) is 2.30. The van der Waals surface area contributed by atoms with Crippen LogP contribution in [0.3, 0.4) is 0 Å². The van der Waals surface area contributed by atoms with E-state index in [0.717, 1.165) is 10.8 Å². The van der Waals surface area contributed by atoms with Crippen LogP contribution in [0.4, 0.5) is 5.69 Å². The van der Waals surface area contributed by atoms with E-state index in [1.807, 2.05) is 30.3 Å². The summed E-state index contributed by atoms with van der Waals surface area (Å²) in [5.74, 6) is 0. The van der Waals surface area contributed by atoms with E-state index in [4.69, 9.17) is 11.2 Å². The summed E-state index contributed by atoms with van der Waals surface area (Å²) in [7, 11) is -4.54. The van der Waals surface area contributed by atoms with Crippen LogP contribution < -0.4 is 4.72 Å². The molecule has 0 aliphatic rings. The van der Waals surface area contributed by atoms with Gasteiger partial charge < -0.3 is 0 Å². The summed E-state index contributed by atoms with van der Waals surface area (Å²) in [6.07, 6.45) is 1.50. The summed E-state index contributed by atoms with van der Waals surface area (Å²) in [6.45, 7) is 0. The van der Waals surface area contributed by atoms with Crippen molar-refractivity contribution in [2.75, 3.05) is 11.0 Å². The van der Waals surface area contributed by atoms with Gasteiger partial charge in [-0.25, -0.2) is 0 Å². The quantitative estimate of drug-likeness (QED) is 0.880. The van der Waals surface area contributed by atoms with Crippen molar-refractivity contribution >= 4 is 45.2 Å². The Kier molecular flexibility index (Phi) is 3.46. The molecule has 0 saturated carbocycles. The molecular weight excluding hydrogens is 274 g/mol. The van der Waals surface area contributed by atoms with Crippen molar-refractivity contribution in [2.45, 2.75) is 0 Å². The van der Waals surface area contributed by atoms with Gasteiger partial charge in [-0.1, -0.05) is 30.3 Å². The average Bonchev–Trinajstić information content (AvgIpc) is 2.28. The smallest absolute Gasteiger partial charge is 0.275 e. The van der Waals surface area contributed by atoms with E-state index in [-0.39, 0.29) is 0 Å². The summed E-state index contributed by atoms with van der Waals surface area (Å²) in [5.41, 5.74) is 0.549. The number of hydrogen-bond acceptors (Lipinski definition) is 3. The molecule has 1 N–H and O–H groups in total. The molecule has 6 heteroatoms. The van der Waals surface area contributed by atoms with Gasteiger partial charge in [0.2, 0.25) is 0 Å². The van der Waals surface area contributed by atoms with Gasteiger partial charge in [0, 0.05) is 20.4 Å². The van der Waals surface area contributed by atoms with Crippen molar-refractivity contribution < 1.29 is 8.42 Å². The van der Waals surface area contributed by atoms with Crippen LogP contribution in [0.15, 0.2) is 42.5 Å². The Balaban J connectivity index is 2.41. The lowest BCUT2D eigenvalue weighted by molar-refractivity contribution is 0.615. The SMILES string of the molecule is CS(=S)S(=O)(=O)Nc1ccc2ccccc2c1. The first-order valence-electron chi connectivity index (χ1n) is 4.84. The minimum Gasteiger partial charge on any atom is -0.275 e. The maximum absolute atomic E-state index is 11.6. The summed E-state index contributed by atoms with van der Waals surface area (Å²) in [5, 5.41) is 2.07. The highest BCUT2D eigenvalue weighted by molar-refractivity contribution is 8.78. The molecule has 0 saturated heterocycles. The van der Waals surface area contributed by atoms with Gasteiger partial charge in [-0.15, -0.1) is 0 Å². The van der Waals surface area contributed by atoms with Crippen LogP contribution in [-0.2, 0) is 28.7 Å². The summed E-state index contributed by atoms with van der Waals surface area (Å²) in [4.78, 5) is 0. The minimum absolute atomic E-state index is 0.549. The molecule has 1 unspecified atom stereocenters.